The first-order valence-corrected chi connectivity index (χ1v) is 8.38. The van der Waals surface area contributed by atoms with Gasteiger partial charge in [-0.1, -0.05) is 30.3 Å². The van der Waals surface area contributed by atoms with Crippen LogP contribution >= 0.6 is 31.9 Å². The van der Waals surface area contributed by atoms with Crippen LogP contribution in [0.4, 0.5) is 0 Å². The molecule has 0 aliphatic heterocycles. The highest BCUT2D eigenvalue weighted by atomic mass is 79.9. The molecule has 4 N–H and O–H groups in total. The molecule has 0 spiro atoms. The zero-order chi connectivity index (χ0) is 17.1. The van der Waals surface area contributed by atoms with Crippen molar-refractivity contribution in [1.82, 2.24) is 26.0 Å². The van der Waals surface area contributed by atoms with Gasteiger partial charge in [0.05, 0.1) is 4.47 Å². The second-order valence-corrected chi connectivity index (χ2v) is 6.48. The molecule has 0 aliphatic carbocycles. The van der Waals surface area contributed by atoms with E-state index in [4.69, 9.17) is 0 Å². The van der Waals surface area contributed by atoms with Crippen molar-refractivity contribution in [2.75, 3.05) is 0 Å². The Labute approximate surface area is 153 Å². The van der Waals surface area contributed by atoms with Crippen LogP contribution in [0.5, 0.6) is 0 Å². The second kappa shape index (κ2) is 7.02. The van der Waals surface area contributed by atoms with Gasteiger partial charge in [0.1, 0.15) is 17.1 Å². The van der Waals surface area contributed by atoms with E-state index in [1.807, 2.05) is 30.3 Å². The van der Waals surface area contributed by atoms with Gasteiger partial charge >= 0.3 is 0 Å². The highest BCUT2D eigenvalue weighted by Gasteiger charge is 2.19. The van der Waals surface area contributed by atoms with Crippen molar-refractivity contribution in [2.24, 2.45) is 0 Å². The predicted molar refractivity (Wildman–Crippen MR) is 95.1 cm³/mol. The molecule has 9 heteroatoms. The Morgan fingerprint density at radius 2 is 1.75 bits per heavy atom. The molecule has 0 atom stereocenters. The van der Waals surface area contributed by atoms with E-state index < -0.39 is 11.8 Å². The summed E-state index contributed by atoms with van der Waals surface area (Å²) in [4.78, 5) is 26.9. The average Bonchev–Trinajstić information content (AvgIpc) is 3.19. The lowest BCUT2D eigenvalue weighted by Crippen LogP contribution is -2.42. The van der Waals surface area contributed by atoms with Gasteiger partial charge < -0.3 is 4.98 Å². The molecule has 1 aromatic carbocycles. The monoisotopic (exact) mass is 451 g/mol. The molecule has 3 rings (SSSR count). The molecule has 122 valence electrons. The van der Waals surface area contributed by atoms with Gasteiger partial charge in [0.15, 0.2) is 0 Å². The smallest absolute Gasteiger partial charge is 0.288 e. The molecule has 0 saturated heterocycles. The number of H-pyrrole nitrogens is 2. The molecule has 0 unspecified atom stereocenters. The zero-order valence-corrected chi connectivity index (χ0v) is 15.2. The minimum atomic E-state index is -0.518. The number of carbonyl (C=O) groups excluding carboxylic acids is 2. The van der Waals surface area contributed by atoms with Gasteiger partial charge in [-0.2, -0.15) is 5.10 Å². The van der Waals surface area contributed by atoms with Gasteiger partial charge in [-0.05, 0) is 37.9 Å². The fraction of sp³-hybridized carbons (Fsp3) is 0. The summed E-state index contributed by atoms with van der Waals surface area (Å²) >= 11 is 6.60. The number of nitrogens with one attached hydrogen (secondary N) is 4. The molecule has 0 bridgehead atoms. The van der Waals surface area contributed by atoms with E-state index in [1.54, 1.807) is 12.3 Å². The average molecular weight is 453 g/mol. The normalized spacial score (nSPS) is 10.4. The molecule has 2 amide bonds. The van der Waals surface area contributed by atoms with Gasteiger partial charge in [0.25, 0.3) is 11.8 Å². The molecule has 2 heterocycles. The topological polar surface area (TPSA) is 103 Å². The van der Waals surface area contributed by atoms with Crippen LogP contribution in [0.1, 0.15) is 21.0 Å². The van der Waals surface area contributed by atoms with Crippen molar-refractivity contribution in [3.8, 4) is 11.3 Å². The number of hydrogen-bond acceptors (Lipinski definition) is 3. The van der Waals surface area contributed by atoms with Crippen LogP contribution in [0.3, 0.4) is 0 Å². The van der Waals surface area contributed by atoms with Crippen LogP contribution in [0.2, 0.25) is 0 Å². The maximum atomic E-state index is 12.2. The molecule has 0 fully saturated rings. The molecular weight excluding hydrogens is 442 g/mol. The molecule has 0 saturated carbocycles. The summed E-state index contributed by atoms with van der Waals surface area (Å²) in [6, 6.07) is 11.0. The number of hydrogen-bond donors (Lipinski definition) is 4. The number of benzene rings is 1. The van der Waals surface area contributed by atoms with E-state index in [1.165, 1.54) is 0 Å². The maximum Gasteiger partial charge on any atom is 0.288 e. The summed E-state index contributed by atoms with van der Waals surface area (Å²) in [6.45, 7) is 0. The van der Waals surface area contributed by atoms with Gasteiger partial charge in [0.2, 0.25) is 0 Å². The first-order chi connectivity index (χ1) is 11.6. The van der Waals surface area contributed by atoms with Crippen molar-refractivity contribution in [3.63, 3.8) is 0 Å². The van der Waals surface area contributed by atoms with E-state index in [0.717, 1.165) is 10.0 Å². The molecule has 0 radical (unpaired) electrons. The third kappa shape index (κ3) is 3.41. The van der Waals surface area contributed by atoms with Crippen molar-refractivity contribution in [3.05, 3.63) is 62.9 Å². The van der Waals surface area contributed by atoms with Crippen molar-refractivity contribution >= 4 is 43.7 Å². The number of rotatable bonds is 3. The number of carbonyl (C=O) groups is 2. The largest absolute Gasteiger partial charge is 0.356 e. The predicted octanol–water partition coefficient (Wildman–Crippen LogP) is 3.00. The molecule has 24 heavy (non-hydrogen) atoms. The number of aromatic amines is 2. The van der Waals surface area contributed by atoms with E-state index in [-0.39, 0.29) is 5.69 Å². The summed E-state index contributed by atoms with van der Waals surface area (Å²) in [7, 11) is 0. The first kappa shape index (κ1) is 16.5. The summed E-state index contributed by atoms with van der Waals surface area (Å²) in [5.74, 6) is -0.983. The minimum Gasteiger partial charge on any atom is -0.356 e. The van der Waals surface area contributed by atoms with E-state index >= 15 is 0 Å². The summed E-state index contributed by atoms with van der Waals surface area (Å²) < 4.78 is 1.26. The highest BCUT2D eigenvalue weighted by molar-refractivity contribution is 9.11. The first-order valence-electron chi connectivity index (χ1n) is 6.80. The summed E-state index contributed by atoms with van der Waals surface area (Å²) in [5.41, 5.74) is 6.66. The molecule has 3 aromatic rings. The summed E-state index contributed by atoms with van der Waals surface area (Å²) in [5, 5.41) is 6.80. The quantitative estimate of drug-likeness (QED) is 0.459. The van der Waals surface area contributed by atoms with Crippen molar-refractivity contribution < 1.29 is 9.59 Å². The minimum absolute atomic E-state index is 0.210. The van der Waals surface area contributed by atoms with Gasteiger partial charge in [-0.25, -0.2) is 0 Å². The zero-order valence-electron chi connectivity index (χ0n) is 12.1. The summed E-state index contributed by atoms with van der Waals surface area (Å²) in [6.07, 6.45) is 1.62. The fourth-order valence-corrected chi connectivity index (χ4v) is 2.94. The van der Waals surface area contributed by atoms with Crippen molar-refractivity contribution in [1.29, 1.82) is 0 Å². The van der Waals surface area contributed by atoms with Crippen LogP contribution in [-0.2, 0) is 0 Å². The molecular formula is C15H11Br2N5O2. The Kier molecular flexibility index (Phi) is 4.81. The second-order valence-electron chi connectivity index (χ2n) is 4.77. The van der Waals surface area contributed by atoms with E-state index in [2.05, 4.69) is 57.9 Å². The van der Waals surface area contributed by atoms with E-state index in [9.17, 15) is 9.59 Å². The van der Waals surface area contributed by atoms with Crippen LogP contribution < -0.4 is 10.9 Å². The fourth-order valence-electron chi connectivity index (χ4n) is 2.01. The van der Waals surface area contributed by atoms with E-state index in [0.29, 0.717) is 15.9 Å². The molecule has 7 nitrogen and oxygen atoms in total. The number of nitrogens with zero attached hydrogens (tertiary/aromatic N) is 1. The van der Waals surface area contributed by atoms with Crippen LogP contribution in [0.25, 0.3) is 11.3 Å². The third-order valence-electron chi connectivity index (χ3n) is 3.16. The highest BCUT2D eigenvalue weighted by Crippen LogP contribution is 2.28. The maximum absolute atomic E-state index is 12.2. The Bertz CT molecular complexity index is 888. The van der Waals surface area contributed by atoms with Gasteiger partial charge in [-0.3, -0.25) is 25.5 Å². The van der Waals surface area contributed by atoms with Gasteiger partial charge in [-0.15, -0.1) is 0 Å². The number of amides is 2. The molecule has 2 aromatic heterocycles. The lowest BCUT2D eigenvalue weighted by Gasteiger charge is -2.05. The molecule has 0 aliphatic rings. The Balaban J connectivity index is 1.70. The third-order valence-corrected chi connectivity index (χ3v) is 4.39. The van der Waals surface area contributed by atoms with Crippen LogP contribution in [0.15, 0.2) is 51.5 Å². The van der Waals surface area contributed by atoms with Crippen molar-refractivity contribution in [2.45, 2.75) is 0 Å². The number of hydrazine groups is 1. The van der Waals surface area contributed by atoms with Crippen LogP contribution in [0, 0.1) is 0 Å². The Hall–Kier alpha value is -2.39. The standard InChI is InChI=1S/C15H11Br2N5O2/c16-9-6-10(18-7-9)14(23)21-22-15(24)13-11(17)12(19-20-13)8-4-2-1-3-5-8/h1-7,18H,(H,19,20)(H,21,23)(H,22,24). The Morgan fingerprint density at radius 3 is 2.42 bits per heavy atom. The number of aromatic nitrogens is 3. The van der Waals surface area contributed by atoms with Gasteiger partial charge in [0, 0.05) is 16.2 Å². The van der Waals surface area contributed by atoms with Crippen LogP contribution in [-0.4, -0.2) is 27.0 Å². The lowest BCUT2D eigenvalue weighted by molar-refractivity contribution is 0.0841. The lowest BCUT2D eigenvalue weighted by atomic mass is 10.1. The SMILES string of the molecule is O=C(NNC(=O)c1[nH]nc(-c2ccccc2)c1Br)c1cc(Br)c[nH]1. The number of halogens is 2. The Morgan fingerprint density at radius 1 is 1.04 bits per heavy atom.